The summed E-state index contributed by atoms with van der Waals surface area (Å²) in [6, 6.07) is 6.62. The molecule has 0 spiro atoms. The smallest absolute Gasteiger partial charge is 0.262 e. The number of carbonyl (C=O) groups is 2. The first kappa shape index (κ1) is 19.5. The molecule has 1 saturated heterocycles. The quantitative estimate of drug-likeness (QED) is 0.770. The van der Waals surface area contributed by atoms with Gasteiger partial charge in [0.05, 0.1) is 33.1 Å². The molecule has 4 rings (SSSR count). The molecular formula is C19H19Cl2N3O3S. The van der Waals surface area contributed by atoms with Crippen LogP contribution < -0.4 is 15.5 Å². The highest BCUT2D eigenvalue weighted by atomic mass is 35.5. The van der Waals surface area contributed by atoms with Gasteiger partial charge in [-0.25, -0.2) is 0 Å². The third-order valence-electron chi connectivity index (χ3n) is 5.06. The summed E-state index contributed by atoms with van der Waals surface area (Å²) in [5.41, 5.74) is 1.66. The summed E-state index contributed by atoms with van der Waals surface area (Å²) in [5.74, 6) is -0.841. The van der Waals surface area contributed by atoms with Crippen molar-refractivity contribution in [3.63, 3.8) is 0 Å². The summed E-state index contributed by atoms with van der Waals surface area (Å²) in [4.78, 5) is 28.1. The van der Waals surface area contributed by atoms with Gasteiger partial charge in [-0.2, -0.15) is 0 Å². The van der Waals surface area contributed by atoms with Crippen LogP contribution in [0.2, 0.25) is 10.0 Å². The van der Waals surface area contributed by atoms with Gasteiger partial charge in [-0.1, -0.05) is 29.3 Å². The van der Waals surface area contributed by atoms with Gasteiger partial charge in [-0.3, -0.25) is 9.59 Å². The predicted molar refractivity (Wildman–Crippen MR) is 111 cm³/mol. The number of carbonyl (C=O) groups excluding carboxylic acids is 2. The number of fused-ring (bicyclic) bond motifs is 1. The van der Waals surface area contributed by atoms with E-state index in [0.29, 0.717) is 28.1 Å². The molecule has 0 aliphatic carbocycles. The predicted octanol–water partition coefficient (Wildman–Crippen LogP) is 2.88. The summed E-state index contributed by atoms with van der Waals surface area (Å²) in [7, 11) is 1.56. The Hall–Kier alpha value is -1.80. The zero-order valence-electron chi connectivity index (χ0n) is 15.1. The highest BCUT2D eigenvalue weighted by Crippen LogP contribution is 2.42. The number of thiophene rings is 1. The van der Waals surface area contributed by atoms with Crippen LogP contribution in [0.4, 0.5) is 5.00 Å². The SMILES string of the molecule is CNC(=O)C1NC(=O)c2sc(N3CCOCC3)cc2C1c1ccc(Cl)c(Cl)c1. The van der Waals surface area contributed by atoms with Crippen molar-refractivity contribution in [2.75, 3.05) is 38.3 Å². The Morgan fingerprint density at radius 2 is 2.00 bits per heavy atom. The van der Waals surface area contributed by atoms with Crippen molar-refractivity contribution in [3.05, 3.63) is 50.3 Å². The number of benzene rings is 1. The molecule has 6 nitrogen and oxygen atoms in total. The monoisotopic (exact) mass is 439 g/mol. The fourth-order valence-corrected chi connectivity index (χ4v) is 5.13. The lowest BCUT2D eigenvalue weighted by atomic mass is 9.82. The fraction of sp³-hybridized carbons (Fsp3) is 0.368. The minimum absolute atomic E-state index is 0.232. The Morgan fingerprint density at radius 3 is 2.68 bits per heavy atom. The van der Waals surface area contributed by atoms with Crippen LogP contribution >= 0.6 is 34.5 Å². The van der Waals surface area contributed by atoms with E-state index in [1.165, 1.54) is 11.3 Å². The van der Waals surface area contributed by atoms with Gasteiger partial charge >= 0.3 is 0 Å². The molecular weight excluding hydrogens is 421 g/mol. The molecule has 1 aromatic carbocycles. The average Bonchev–Trinajstić information content (AvgIpc) is 3.16. The molecule has 3 heterocycles. The molecule has 2 N–H and O–H groups in total. The topological polar surface area (TPSA) is 70.7 Å². The lowest BCUT2D eigenvalue weighted by molar-refractivity contribution is -0.122. The summed E-state index contributed by atoms with van der Waals surface area (Å²) >= 11 is 13.8. The van der Waals surface area contributed by atoms with E-state index in [4.69, 9.17) is 27.9 Å². The van der Waals surface area contributed by atoms with E-state index in [0.717, 1.165) is 29.2 Å². The summed E-state index contributed by atoms with van der Waals surface area (Å²) in [6.07, 6.45) is 0. The van der Waals surface area contributed by atoms with Crippen LogP contribution in [0.3, 0.4) is 0 Å². The Kier molecular flexibility index (Phi) is 5.51. The maximum atomic E-state index is 12.7. The van der Waals surface area contributed by atoms with E-state index >= 15 is 0 Å². The Bertz CT molecular complexity index is 927. The van der Waals surface area contributed by atoms with E-state index in [1.807, 2.05) is 12.1 Å². The number of nitrogens with zero attached hydrogens (tertiary/aromatic N) is 1. The molecule has 2 aromatic rings. The highest BCUT2D eigenvalue weighted by Gasteiger charge is 2.40. The van der Waals surface area contributed by atoms with Crippen LogP contribution in [0.5, 0.6) is 0 Å². The van der Waals surface area contributed by atoms with Gasteiger partial charge in [-0.05, 0) is 29.3 Å². The maximum Gasteiger partial charge on any atom is 0.262 e. The van der Waals surface area contributed by atoms with Gasteiger partial charge < -0.3 is 20.3 Å². The first-order chi connectivity index (χ1) is 13.5. The van der Waals surface area contributed by atoms with Gasteiger partial charge in [0.1, 0.15) is 6.04 Å². The van der Waals surface area contributed by atoms with E-state index in [2.05, 4.69) is 15.5 Å². The minimum atomic E-state index is -0.727. The minimum Gasteiger partial charge on any atom is -0.378 e. The number of amides is 2. The van der Waals surface area contributed by atoms with Crippen LogP contribution in [-0.2, 0) is 9.53 Å². The third-order valence-corrected chi connectivity index (χ3v) is 7.01. The van der Waals surface area contributed by atoms with Gasteiger partial charge in [0.15, 0.2) is 0 Å². The Balaban J connectivity index is 1.81. The molecule has 0 radical (unpaired) electrons. The molecule has 0 bridgehead atoms. The Labute approximate surface area is 176 Å². The first-order valence-corrected chi connectivity index (χ1v) is 10.5. The van der Waals surface area contributed by atoms with E-state index in [1.54, 1.807) is 19.2 Å². The second kappa shape index (κ2) is 7.91. The fourth-order valence-electron chi connectivity index (χ4n) is 3.66. The standard InChI is InChI=1S/C19H19Cl2N3O3S/c1-22-18(25)16-15(10-2-3-12(20)13(21)8-10)11-9-14(24-4-6-27-7-5-24)28-17(11)19(26)23-16/h2-3,8-9,15-16H,4-7H2,1H3,(H,22,25)(H,23,26). The van der Waals surface area contributed by atoms with E-state index in [9.17, 15) is 9.59 Å². The van der Waals surface area contributed by atoms with Crippen molar-refractivity contribution in [3.8, 4) is 0 Å². The van der Waals surface area contributed by atoms with Crippen LogP contribution in [0.15, 0.2) is 24.3 Å². The molecule has 2 aliphatic heterocycles. The number of rotatable bonds is 3. The van der Waals surface area contributed by atoms with E-state index in [-0.39, 0.29) is 17.7 Å². The molecule has 2 atom stereocenters. The zero-order chi connectivity index (χ0) is 19.8. The molecule has 0 saturated carbocycles. The molecule has 1 aromatic heterocycles. The number of morpholine rings is 1. The van der Waals surface area contributed by atoms with E-state index < -0.39 is 6.04 Å². The number of hydrogen-bond donors (Lipinski definition) is 2. The summed E-state index contributed by atoms with van der Waals surface area (Å²) in [6.45, 7) is 2.87. The molecule has 1 fully saturated rings. The molecule has 148 valence electrons. The number of ether oxygens (including phenoxy) is 1. The third kappa shape index (κ3) is 3.48. The van der Waals surface area contributed by atoms with Gasteiger partial charge in [0.2, 0.25) is 5.91 Å². The number of anilines is 1. The second-order valence-electron chi connectivity index (χ2n) is 6.69. The average molecular weight is 440 g/mol. The zero-order valence-corrected chi connectivity index (χ0v) is 17.5. The highest BCUT2D eigenvalue weighted by molar-refractivity contribution is 7.18. The molecule has 2 amide bonds. The number of hydrogen-bond acceptors (Lipinski definition) is 5. The number of nitrogens with one attached hydrogen (secondary N) is 2. The van der Waals surface area contributed by atoms with Crippen molar-refractivity contribution in [1.29, 1.82) is 0 Å². The normalized spacial score (nSPS) is 21.8. The van der Waals surface area contributed by atoms with Gasteiger partial charge in [0, 0.05) is 26.1 Å². The summed E-state index contributed by atoms with van der Waals surface area (Å²) < 4.78 is 5.43. The van der Waals surface area contributed by atoms with Crippen LogP contribution in [-0.4, -0.2) is 51.2 Å². The summed E-state index contributed by atoms with van der Waals surface area (Å²) in [5, 5.41) is 7.37. The van der Waals surface area contributed by atoms with Crippen LogP contribution in [0.25, 0.3) is 0 Å². The van der Waals surface area contributed by atoms with Crippen LogP contribution in [0.1, 0.15) is 26.7 Å². The lowest BCUT2D eigenvalue weighted by Gasteiger charge is -2.31. The largest absolute Gasteiger partial charge is 0.378 e. The number of likely N-dealkylation sites (N-methyl/N-ethyl adjacent to an activating group) is 1. The van der Waals surface area contributed by atoms with Crippen molar-refractivity contribution < 1.29 is 14.3 Å². The van der Waals surface area contributed by atoms with Crippen molar-refractivity contribution in [2.45, 2.75) is 12.0 Å². The maximum absolute atomic E-state index is 12.7. The first-order valence-electron chi connectivity index (χ1n) is 8.93. The van der Waals surface area contributed by atoms with Crippen molar-refractivity contribution >= 4 is 51.4 Å². The van der Waals surface area contributed by atoms with Gasteiger partial charge in [-0.15, -0.1) is 11.3 Å². The van der Waals surface area contributed by atoms with Gasteiger partial charge in [0.25, 0.3) is 5.91 Å². The molecule has 2 aliphatic rings. The lowest BCUT2D eigenvalue weighted by Crippen LogP contribution is -2.52. The molecule has 9 heteroatoms. The second-order valence-corrected chi connectivity index (χ2v) is 8.53. The molecule has 28 heavy (non-hydrogen) atoms. The number of halogens is 2. The van der Waals surface area contributed by atoms with Crippen molar-refractivity contribution in [1.82, 2.24) is 10.6 Å². The van der Waals surface area contributed by atoms with Crippen LogP contribution in [0, 0.1) is 0 Å². The van der Waals surface area contributed by atoms with Crippen molar-refractivity contribution in [2.24, 2.45) is 0 Å². The molecule has 2 unspecified atom stereocenters. The Morgan fingerprint density at radius 1 is 1.25 bits per heavy atom.